The number of aryl methyl sites for hydroxylation is 3. The summed E-state index contributed by atoms with van der Waals surface area (Å²) in [5, 5.41) is 6.02. The standard InChI is InChI=1S/C21H21N3O3/c1-12-7-13(2)9-15(8-12)23-20(25)21(26)24-19-10-14(3)22-18-6-5-16(27-4)11-17(18)19/h5-11H,1-4H3,(H,23,25)(H,22,24,26). The summed E-state index contributed by atoms with van der Waals surface area (Å²) >= 11 is 0. The Kier molecular flexibility index (Phi) is 5.07. The smallest absolute Gasteiger partial charge is 0.314 e. The van der Waals surface area contributed by atoms with E-state index in [2.05, 4.69) is 15.6 Å². The minimum atomic E-state index is -0.746. The number of hydrogen-bond donors (Lipinski definition) is 2. The van der Waals surface area contributed by atoms with Crippen molar-refractivity contribution in [2.75, 3.05) is 17.7 Å². The van der Waals surface area contributed by atoms with E-state index >= 15 is 0 Å². The molecule has 0 bridgehead atoms. The van der Waals surface area contributed by atoms with Crippen molar-refractivity contribution in [2.24, 2.45) is 0 Å². The number of aromatic nitrogens is 1. The SMILES string of the molecule is COc1ccc2nc(C)cc(NC(=O)C(=O)Nc3cc(C)cc(C)c3)c2c1. The Labute approximate surface area is 157 Å². The van der Waals surface area contributed by atoms with Gasteiger partial charge in [-0.15, -0.1) is 0 Å². The lowest BCUT2D eigenvalue weighted by Crippen LogP contribution is -2.29. The molecule has 3 aromatic rings. The third-order valence-corrected chi connectivity index (χ3v) is 4.08. The molecule has 2 N–H and O–H groups in total. The van der Waals surface area contributed by atoms with E-state index in [-0.39, 0.29) is 0 Å². The van der Waals surface area contributed by atoms with Crippen molar-refractivity contribution in [1.29, 1.82) is 0 Å². The summed E-state index contributed by atoms with van der Waals surface area (Å²) in [6.07, 6.45) is 0. The van der Waals surface area contributed by atoms with Gasteiger partial charge in [-0.05, 0) is 68.3 Å². The maximum absolute atomic E-state index is 12.4. The quantitative estimate of drug-likeness (QED) is 0.695. The lowest BCUT2D eigenvalue weighted by molar-refractivity contribution is -0.132. The molecule has 0 radical (unpaired) electrons. The summed E-state index contributed by atoms with van der Waals surface area (Å²) < 4.78 is 5.24. The lowest BCUT2D eigenvalue weighted by Gasteiger charge is -2.11. The molecular formula is C21H21N3O3. The van der Waals surface area contributed by atoms with Crippen LogP contribution in [0.1, 0.15) is 16.8 Å². The highest BCUT2D eigenvalue weighted by atomic mass is 16.5. The van der Waals surface area contributed by atoms with Gasteiger partial charge in [-0.25, -0.2) is 0 Å². The van der Waals surface area contributed by atoms with E-state index in [0.29, 0.717) is 28.0 Å². The van der Waals surface area contributed by atoms with Crippen LogP contribution >= 0.6 is 0 Å². The van der Waals surface area contributed by atoms with Gasteiger partial charge in [0.05, 0.1) is 18.3 Å². The van der Waals surface area contributed by atoms with Crippen LogP contribution in [0.25, 0.3) is 10.9 Å². The zero-order chi connectivity index (χ0) is 19.6. The molecular weight excluding hydrogens is 342 g/mol. The van der Waals surface area contributed by atoms with Crippen LogP contribution in [0.5, 0.6) is 5.75 Å². The second kappa shape index (κ2) is 7.45. The van der Waals surface area contributed by atoms with E-state index in [9.17, 15) is 9.59 Å². The minimum absolute atomic E-state index is 0.511. The topological polar surface area (TPSA) is 80.3 Å². The third kappa shape index (κ3) is 4.23. The van der Waals surface area contributed by atoms with Gasteiger partial charge in [0.25, 0.3) is 0 Å². The molecule has 0 saturated carbocycles. The maximum Gasteiger partial charge on any atom is 0.314 e. The van der Waals surface area contributed by atoms with Crippen molar-refractivity contribution in [3.8, 4) is 5.75 Å². The van der Waals surface area contributed by atoms with E-state index in [1.54, 1.807) is 25.3 Å². The Morgan fingerprint density at radius 3 is 2.22 bits per heavy atom. The van der Waals surface area contributed by atoms with Gasteiger partial charge in [-0.2, -0.15) is 0 Å². The van der Waals surface area contributed by atoms with E-state index in [4.69, 9.17) is 4.74 Å². The highest BCUT2D eigenvalue weighted by molar-refractivity contribution is 6.44. The Morgan fingerprint density at radius 1 is 0.889 bits per heavy atom. The van der Waals surface area contributed by atoms with Gasteiger partial charge in [-0.1, -0.05) is 6.07 Å². The molecule has 138 valence electrons. The van der Waals surface area contributed by atoms with Crippen LogP contribution in [0.3, 0.4) is 0 Å². The normalized spacial score (nSPS) is 10.5. The summed E-state index contributed by atoms with van der Waals surface area (Å²) in [5.74, 6) is -0.835. The fraction of sp³-hybridized carbons (Fsp3) is 0.190. The summed E-state index contributed by atoms with van der Waals surface area (Å²) in [5.41, 5.74) is 4.56. The predicted molar refractivity (Wildman–Crippen MR) is 106 cm³/mol. The maximum atomic E-state index is 12.4. The Bertz CT molecular complexity index is 1020. The first-order valence-electron chi connectivity index (χ1n) is 8.52. The van der Waals surface area contributed by atoms with Crippen molar-refractivity contribution in [2.45, 2.75) is 20.8 Å². The number of nitrogens with one attached hydrogen (secondary N) is 2. The molecule has 0 aliphatic heterocycles. The van der Waals surface area contributed by atoms with Gasteiger partial charge >= 0.3 is 11.8 Å². The highest BCUT2D eigenvalue weighted by Gasteiger charge is 2.16. The van der Waals surface area contributed by atoms with Crippen LogP contribution in [-0.4, -0.2) is 23.9 Å². The Morgan fingerprint density at radius 2 is 1.56 bits per heavy atom. The number of ether oxygens (including phenoxy) is 1. The summed E-state index contributed by atoms with van der Waals surface area (Å²) in [6, 6.07) is 12.7. The summed E-state index contributed by atoms with van der Waals surface area (Å²) in [4.78, 5) is 29.2. The van der Waals surface area contributed by atoms with Gasteiger partial charge in [-0.3, -0.25) is 14.6 Å². The van der Waals surface area contributed by atoms with Crippen molar-refractivity contribution in [1.82, 2.24) is 4.98 Å². The van der Waals surface area contributed by atoms with Crippen LogP contribution in [0.15, 0.2) is 42.5 Å². The van der Waals surface area contributed by atoms with E-state index in [1.165, 1.54) is 0 Å². The van der Waals surface area contributed by atoms with E-state index < -0.39 is 11.8 Å². The van der Waals surface area contributed by atoms with Gasteiger partial charge < -0.3 is 15.4 Å². The molecule has 0 spiro atoms. The van der Waals surface area contributed by atoms with Crippen molar-refractivity contribution in [3.63, 3.8) is 0 Å². The fourth-order valence-electron chi connectivity index (χ4n) is 2.98. The number of anilines is 2. The second-order valence-electron chi connectivity index (χ2n) is 6.48. The second-order valence-corrected chi connectivity index (χ2v) is 6.48. The number of amides is 2. The first-order chi connectivity index (χ1) is 12.9. The molecule has 0 unspecified atom stereocenters. The molecule has 0 saturated heterocycles. The molecule has 1 aromatic heterocycles. The van der Waals surface area contributed by atoms with Crippen LogP contribution in [-0.2, 0) is 9.59 Å². The van der Waals surface area contributed by atoms with E-state index in [1.807, 2.05) is 45.0 Å². The van der Waals surface area contributed by atoms with Gasteiger partial charge in [0.1, 0.15) is 5.75 Å². The number of nitrogens with zero attached hydrogens (tertiary/aromatic N) is 1. The van der Waals surface area contributed by atoms with Crippen molar-refractivity contribution >= 4 is 34.1 Å². The molecule has 6 nitrogen and oxygen atoms in total. The van der Waals surface area contributed by atoms with Gasteiger partial charge in [0, 0.05) is 16.8 Å². The van der Waals surface area contributed by atoms with Crippen LogP contribution in [0.2, 0.25) is 0 Å². The van der Waals surface area contributed by atoms with Crippen LogP contribution in [0.4, 0.5) is 11.4 Å². The number of pyridine rings is 1. The van der Waals surface area contributed by atoms with Gasteiger partial charge in [0.15, 0.2) is 0 Å². The Hall–Kier alpha value is -3.41. The molecule has 0 aliphatic carbocycles. The highest BCUT2D eigenvalue weighted by Crippen LogP contribution is 2.27. The predicted octanol–water partition coefficient (Wildman–Crippen LogP) is 3.75. The molecule has 1 heterocycles. The van der Waals surface area contributed by atoms with Gasteiger partial charge in [0.2, 0.25) is 0 Å². The molecule has 6 heteroatoms. The number of hydrogen-bond acceptors (Lipinski definition) is 4. The average molecular weight is 363 g/mol. The number of fused-ring (bicyclic) bond motifs is 1. The number of rotatable bonds is 3. The molecule has 0 aliphatic rings. The first-order valence-corrected chi connectivity index (χ1v) is 8.52. The number of carbonyl (C=O) groups is 2. The molecule has 0 atom stereocenters. The lowest BCUT2D eigenvalue weighted by atomic mass is 10.1. The Balaban J connectivity index is 1.85. The molecule has 2 aromatic carbocycles. The van der Waals surface area contributed by atoms with Crippen molar-refractivity contribution in [3.05, 3.63) is 59.3 Å². The zero-order valence-corrected chi connectivity index (χ0v) is 15.7. The zero-order valence-electron chi connectivity index (χ0n) is 15.7. The average Bonchev–Trinajstić information content (AvgIpc) is 2.60. The molecule has 27 heavy (non-hydrogen) atoms. The van der Waals surface area contributed by atoms with Crippen molar-refractivity contribution < 1.29 is 14.3 Å². The molecule has 0 fully saturated rings. The number of methoxy groups -OCH3 is 1. The monoisotopic (exact) mass is 363 g/mol. The molecule has 3 rings (SSSR count). The summed E-state index contributed by atoms with van der Waals surface area (Å²) in [7, 11) is 1.57. The largest absolute Gasteiger partial charge is 0.497 e. The fourth-order valence-corrected chi connectivity index (χ4v) is 2.98. The minimum Gasteiger partial charge on any atom is -0.497 e. The van der Waals surface area contributed by atoms with Crippen LogP contribution < -0.4 is 15.4 Å². The van der Waals surface area contributed by atoms with Crippen LogP contribution in [0, 0.1) is 20.8 Å². The summed E-state index contributed by atoms with van der Waals surface area (Å²) in [6.45, 7) is 5.69. The third-order valence-electron chi connectivity index (χ3n) is 4.08. The number of carbonyl (C=O) groups excluding carboxylic acids is 2. The van der Waals surface area contributed by atoms with E-state index in [0.717, 1.165) is 16.8 Å². The number of benzene rings is 2. The molecule has 2 amide bonds. The first kappa shape index (κ1) is 18.4.